The molecular weight excluding hydrogens is 263 g/mol. The van der Waals surface area contributed by atoms with Gasteiger partial charge in [0, 0.05) is 4.88 Å². The van der Waals surface area contributed by atoms with Crippen molar-refractivity contribution >= 4 is 39.9 Å². The molecule has 54 valence electrons. The quantitative estimate of drug-likeness (QED) is 0.660. The fraction of sp³-hybridized carbons (Fsp3) is 0.167. The Morgan fingerprint density at radius 1 is 1.80 bits per heavy atom. The van der Waals surface area contributed by atoms with Gasteiger partial charge in [0.15, 0.2) is 0 Å². The molecule has 0 saturated heterocycles. The molecule has 10 heavy (non-hydrogen) atoms. The van der Waals surface area contributed by atoms with Crippen molar-refractivity contribution in [1.82, 2.24) is 0 Å². The molecule has 0 spiro atoms. The number of aliphatic carboxylic acids is 1. The highest BCUT2D eigenvalue weighted by atomic mass is 127. The molecule has 0 aliphatic heterocycles. The fourth-order valence-electron chi connectivity index (χ4n) is 0.557. The average molecular weight is 268 g/mol. The summed E-state index contributed by atoms with van der Waals surface area (Å²) in [7, 11) is 0. The molecule has 1 aromatic heterocycles. The lowest BCUT2D eigenvalue weighted by atomic mass is 10.3. The van der Waals surface area contributed by atoms with E-state index in [1.807, 2.05) is 40.1 Å². The first kappa shape index (κ1) is 8.00. The summed E-state index contributed by atoms with van der Waals surface area (Å²) >= 11 is 3.38. The topological polar surface area (TPSA) is 37.3 Å². The van der Waals surface area contributed by atoms with Crippen LogP contribution in [0.15, 0.2) is 17.5 Å². The third kappa shape index (κ3) is 1.69. The molecule has 1 heterocycles. The summed E-state index contributed by atoms with van der Waals surface area (Å²) in [5, 5.41) is 10.4. The monoisotopic (exact) mass is 268 g/mol. The standard InChI is InChI=1S/C6H5IO2S/c7-5(6(8)9)4-2-1-3-10-4/h1-3,5H,(H,8,9). The minimum absolute atomic E-state index is 0.391. The molecular formula is C6H5IO2S. The number of hydrogen-bond acceptors (Lipinski definition) is 2. The number of thiophene rings is 1. The summed E-state index contributed by atoms with van der Waals surface area (Å²) < 4.78 is -0.391. The third-order valence-electron chi connectivity index (χ3n) is 1.01. The molecule has 0 aliphatic carbocycles. The summed E-state index contributed by atoms with van der Waals surface area (Å²) in [5.41, 5.74) is 0. The Morgan fingerprint density at radius 3 is 2.90 bits per heavy atom. The number of carboxylic acid groups (broad SMARTS) is 1. The van der Waals surface area contributed by atoms with Gasteiger partial charge in [-0.2, -0.15) is 0 Å². The van der Waals surface area contributed by atoms with Crippen LogP contribution in [-0.4, -0.2) is 11.1 Å². The fourth-order valence-corrected chi connectivity index (χ4v) is 1.90. The minimum atomic E-state index is -0.775. The van der Waals surface area contributed by atoms with E-state index in [4.69, 9.17) is 5.11 Å². The van der Waals surface area contributed by atoms with Crippen LogP contribution in [-0.2, 0) is 4.79 Å². The van der Waals surface area contributed by atoms with E-state index < -0.39 is 9.89 Å². The van der Waals surface area contributed by atoms with Crippen molar-refractivity contribution in [2.45, 2.75) is 3.92 Å². The van der Waals surface area contributed by atoms with Crippen LogP contribution in [0.3, 0.4) is 0 Å². The maximum Gasteiger partial charge on any atom is 0.321 e. The van der Waals surface area contributed by atoms with Crippen LogP contribution in [0.2, 0.25) is 0 Å². The summed E-state index contributed by atoms with van der Waals surface area (Å²) in [6.45, 7) is 0. The van der Waals surface area contributed by atoms with Gasteiger partial charge in [0.25, 0.3) is 0 Å². The molecule has 1 unspecified atom stereocenters. The van der Waals surface area contributed by atoms with E-state index in [0.29, 0.717) is 0 Å². The molecule has 1 N–H and O–H groups in total. The maximum absolute atomic E-state index is 10.4. The van der Waals surface area contributed by atoms with Crippen molar-refractivity contribution in [1.29, 1.82) is 0 Å². The second-order valence-electron chi connectivity index (χ2n) is 1.72. The van der Waals surface area contributed by atoms with Crippen molar-refractivity contribution < 1.29 is 9.90 Å². The summed E-state index contributed by atoms with van der Waals surface area (Å²) in [4.78, 5) is 11.3. The van der Waals surface area contributed by atoms with E-state index in [1.54, 1.807) is 0 Å². The first-order chi connectivity index (χ1) is 4.72. The largest absolute Gasteiger partial charge is 0.480 e. The van der Waals surface area contributed by atoms with Crippen LogP contribution in [0, 0.1) is 0 Å². The minimum Gasteiger partial charge on any atom is -0.480 e. The second-order valence-corrected chi connectivity index (χ2v) is 3.94. The highest BCUT2D eigenvalue weighted by Gasteiger charge is 2.15. The molecule has 4 heteroatoms. The van der Waals surface area contributed by atoms with E-state index in [2.05, 4.69) is 0 Å². The van der Waals surface area contributed by atoms with Crippen molar-refractivity contribution in [3.63, 3.8) is 0 Å². The van der Waals surface area contributed by atoms with Gasteiger partial charge in [-0.05, 0) is 11.4 Å². The highest BCUT2D eigenvalue weighted by molar-refractivity contribution is 14.1. The smallest absolute Gasteiger partial charge is 0.321 e. The molecule has 2 nitrogen and oxygen atoms in total. The lowest BCUT2D eigenvalue weighted by molar-refractivity contribution is -0.136. The Hall–Kier alpha value is -0.100. The third-order valence-corrected chi connectivity index (χ3v) is 3.57. The van der Waals surface area contributed by atoms with Crippen LogP contribution >= 0.6 is 33.9 Å². The zero-order valence-electron chi connectivity index (χ0n) is 4.95. The van der Waals surface area contributed by atoms with Crippen LogP contribution in [0.1, 0.15) is 8.80 Å². The number of rotatable bonds is 2. The lowest BCUT2D eigenvalue weighted by Gasteiger charge is -1.97. The van der Waals surface area contributed by atoms with Gasteiger partial charge in [-0.15, -0.1) is 11.3 Å². The van der Waals surface area contributed by atoms with E-state index in [0.717, 1.165) is 4.88 Å². The van der Waals surface area contributed by atoms with Gasteiger partial charge in [-0.3, -0.25) is 4.79 Å². The van der Waals surface area contributed by atoms with E-state index in [-0.39, 0.29) is 0 Å². The Bertz CT molecular complexity index is 220. The van der Waals surface area contributed by atoms with Gasteiger partial charge in [0.2, 0.25) is 0 Å². The van der Waals surface area contributed by atoms with Gasteiger partial charge in [-0.1, -0.05) is 28.7 Å². The molecule has 0 amide bonds. The van der Waals surface area contributed by atoms with Crippen LogP contribution in [0.5, 0.6) is 0 Å². The van der Waals surface area contributed by atoms with Crippen molar-refractivity contribution in [2.75, 3.05) is 0 Å². The number of carboxylic acids is 1. The molecule has 0 bridgehead atoms. The predicted molar refractivity (Wildman–Crippen MR) is 48.7 cm³/mol. The number of carbonyl (C=O) groups is 1. The normalized spacial score (nSPS) is 12.9. The molecule has 0 aromatic carbocycles. The molecule has 1 aromatic rings. The molecule has 1 rings (SSSR count). The maximum atomic E-state index is 10.4. The van der Waals surface area contributed by atoms with Crippen molar-refractivity contribution in [3.8, 4) is 0 Å². The van der Waals surface area contributed by atoms with Gasteiger partial charge in [-0.25, -0.2) is 0 Å². The highest BCUT2D eigenvalue weighted by Crippen LogP contribution is 2.27. The Labute approximate surface area is 76.0 Å². The van der Waals surface area contributed by atoms with Crippen LogP contribution < -0.4 is 0 Å². The molecule has 0 aliphatic rings. The zero-order chi connectivity index (χ0) is 7.56. The SMILES string of the molecule is O=C(O)C(I)c1cccs1. The van der Waals surface area contributed by atoms with Crippen molar-refractivity contribution in [2.24, 2.45) is 0 Å². The van der Waals surface area contributed by atoms with Gasteiger partial charge >= 0.3 is 5.97 Å². The van der Waals surface area contributed by atoms with E-state index >= 15 is 0 Å². The second kappa shape index (κ2) is 3.34. The Balaban J connectivity index is 2.77. The molecule has 0 saturated carbocycles. The van der Waals surface area contributed by atoms with Crippen LogP contribution in [0.25, 0.3) is 0 Å². The Morgan fingerprint density at radius 2 is 2.50 bits per heavy atom. The summed E-state index contributed by atoms with van der Waals surface area (Å²) in [6.07, 6.45) is 0. The predicted octanol–water partition coefficient (Wildman–Crippen LogP) is 2.31. The van der Waals surface area contributed by atoms with Gasteiger partial charge < -0.3 is 5.11 Å². The first-order valence-electron chi connectivity index (χ1n) is 2.62. The number of hydrogen-bond donors (Lipinski definition) is 1. The Kier molecular flexibility index (Phi) is 2.67. The zero-order valence-corrected chi connectivity index (χ0v) is 7.93. The average Bonchev–Trinajstić information content (AvgIpc) is 2.36. The van der Waals surface area contributed by atoms with E-state index in [9.17, 15) is 4.79 Å². The number of alkyl halides is 1. The molecule has 0 radical (unpaired) electrons. The first-order valence-corrected chi connectivity index (χ1v) is 4.74. The molecule has 1 atom stereocenters. The summed E-state index contributed by atoms with van der Waals surface area (Å²) in [6, 6.07) is 3.69. The number of halogens is 1. The van der Waals surface area contributed by atoms with Gasteiger partial charge in [0.1, 0.15) is 3.92 Å². The van der Waals surface area contributed by atoms with E-state index in [1.165, 1.54) is 11.3 Å². The van der Waals surface area contributed by atoms with Crippen LogP contribution in [0.4, 0.5) is 0 Å². The summed E-state index contributed by atoms with van der Waals surface area (Å²) in [5.74, 6) is -0.775. The molecule has 0 fully saturated rings. The van der Waals surface area contributed by atoms with Crippen molar-refractivity contribution in [3.05, 3.63) is 22.4 Å². The lowest BCUT2D eigenvalue weighted by Crippen LogP contribution is -2.01. The van der Waals surface area contributed by atoms with Gasteiger partial charge in [0.05, 0.1) is 0 Å².